The van der Waals surface area contributed by atoms with E-state index in [4.69, 9.17) is 4.74 Å². The number of pyridine rings is 1. The highest BCUT2D eigenvalue weighted by Gasteiger charge is 2.37. The van der Waals surface area contributed by atoms with E-state index in [2.05, 4.69) is 34.1 Å². The third-order valence-electron chi connectivity index (χ3n) is 4.04. The number of hydrogen-bond acceptors (Lipinski definition) is 6. The first-order valence-electron chi connectivity index (χ1n) is 8.02. The van der Waals surface area contributed by atoms with Crippen LogP contribution in [0.1, 0.15) is 32.5 Å². The first-order valence-corrected chi connectivity index (χ1v) is 8.02. The third-order valence-corrected chi connectivity index (χ3v) is 4.04. The zero-order valence-corrected chi connectivity index (χ0v) is 14.0. The Morgan fingerprint density at radius 3 is 2.75 bits per heavy atom. The molecule has 1 N–H and O–H groups in total. The van der Waals surface area contributed by atoms with Gasteiger partial charge in [0.05, 0.1) is 17.8 Å². The van der Waals surface area contributed by atoms with Gasteiger partial charge < -0.3 is 10.1 Å². The minimum atomic E-state index is -0.365. The molecule has 7 nitrogen and oxygen atoms in total. The van der Waals surface area contributed by atoms with E-state index >= 15 is 0 Å². The first-order chi connectivity index (χ1) is 11.6. The smallest absolute Gasteiger partial charge is 0.415 e. The van der Waals surface area contributed by atoms with Crippen LogP contribution in [-0.4, -0.2) is 33.7 Å². The minimum absolute atomic E-state index is 0.0199. The molecule has 2 unspecified atom stereocenters. The topological polar surface area (TPSA) is 80.2 Å². The molecule has 1 amide bonds. The van der Waals surface area contributed by atoms with Crippen molar-refractivity contribution in [3.63, 3.8) is 0 Å². The lowest BCUT2D eigenvalue weighted by molar-refractivity contribution is 0.177. The normalized spacial score (nSPS) is 18.6. The maximum absolute atomic E-state index is 12.1. The number of nitrogens with one attached hydrogen (secondary N) is 1. The van der Waals surface area contributed by atoms with Crippen LogP contribution in [0.25, 0.3) is 0 Å². The Kier molecular flexibility index (Phi) is 4.59. The number of cyclic esters (lactones) is 1. The summed E-state index contributed by atoms with van der Waals surface area (Å²) in [6, 6.07) is 7.40. The maximum atomic E-state index is 12.1. The van der Waals surface area contributed by atoms with Crippen molar-refractivity contribution in [2.45, 2.75) is 32.9 Å². The van der Waals surface area contributed by atoms with E-state index in [9.17, 15) is 4.79 Å². The standard InChI is InChI=1S/C17H21N5O2/c1-11(2)14-10-24-17(23)22(14)15-7-9-19-16(21-15)20-12(3)13-6-4-5-8-18-13/h4-9,11-12,14H,10H2,1-3H3,(H,19,20,21). The Hall–Kier alpha value is -2.70. The second-order valence-corrected chi connectivity index (χ2v) is 6.12. The van der Waals surface area contributed by atoms with Crippen LogP contribution in [0, 0.1) is 5.92 Å². The Balaban J connectivity index is 1.80. The lowest BCUT2D eigenvalue weighted by atomic mass is 10.0. The second kappa shape index (κ2) is 6.82. The third kappa shape index (κ3) is 3.29. The van der Waals surface area contributed by atoms with E-state index in [1.165, 1.54) is 0 Å². The molecule has 0 spiro atoms. The van der Waals surface area contributed by atoms with E-state index in [0.29, 0.717) is 18.4 Å². The molecule has 1 aliphatic heterocycles. The lowest BCUT2D eigenvalue weighted by Crippen LogP contribution is -2.37. The Morgan fingerprint density at radius 1 is 1.21 bits per heavy atom. The number of ether oxygens (including phenoxy) is 1. The van der Waals surface area contributed by atoms with Crippen LogP contribution in [0.15, 0.2) is 36.7 Å². The molecule has 0 bridgehead atoms. The highest BCUT2D eigenvalue weighted by atomic mass is 16.6. The molecule has 2 aromatic heterocycles. The number of carbonyl (C=O) groups excluding carboxylic acids is 1. The summed E-state index contributed by atoms with van der Waals surface area (Å²) in [4.78, 5) is 26.7. The van der Waals surface area contributed by atoms with E-state index in [-0.39, 0.29) is 24.1 Å². The monoisotopic (exact) mass is 327 g/mol. The summed E-state index contributed by atoms with van der Waals surface area (Å²) >= 11 is 0. The van der Waals surface area contributed by atoms with Gasteiger partial charge in [-0.05, 0) is 31.0 Å². The van der Waals surface area contributed by atoms with Gasteiger partial charge in [0.2, 0.25) is 5.95 Å². The molecule has 0 saturated carbocycles. The second-order valence-electron chi connectivity index (χ2n) is 6.12. The van der Waals surface area contributed by atoms with Gasteiger partial charge in [0, 0.05) is 12.4 Å². The van der Waals surface area contributed by atoms with Gasteiger partial charge in [-0.15, -0.1) is 0 Å². The molecule has 0 aromatic carbocycles. The van der Waals surface area contributed by atoms with Gasteiger partial charge >= 0.3 is 6.09 Å². The largest absolute Gasteiger partial charge is 0.447 e. The molecule has 2 atom stereocenters. The van der Waals surface area contributed by atoms with E-state index in [1.54, 1.807) is 23.4 Å². The van der Waals surface area contributed by atoms with Crippen molar-refractivity contribution in [3.05, 3.63) is 42.4 Å². The SMILES string of the molecule is CC(Nc1nccc(N2C(=O)OCC2C(C)C)n1)c1ccccn1. The maximum Gasteiger partial charge on any atom is 0.415 e. The van der Waals surface area contributed by atoms with Crippen molar-refractivity contribution in [2.24, 2.45) is 5.92 Å². The van der Waals surface area contributed by atoms with E-state index in [0.717, 1.165) is 5.69 Å². The molecule has 3 heterocycles. The number of anilines is 2. The van der Waals surface area contributed by atoms with Crippen LogP contribution in [0.3, 0.4) is 0 Å². The average Bonchev–Trinajstić information content (AvgIpc) is 2.98. The summed E-state index contributed by atoms with van der Waals surface area (Å²) in [7, 11) is 0. The van der Waals surface area contributed by atoms with Gasteiger partial charge in [0.1, 0.15) is 12.4 Å². The van der Waals surface area contributed by atoms with Crippen LogP contribution >= 0.6 is 0 Å². The molecular weight excluding hydrogens is 306 g/mol. The van der Waals surface area contributed by atoms with Crippen LogP contribution < -0.4 is 10.2 Å². The fourth-order valence-electron chi connectivity index (χ4n) is 2.64. The quantitative estimate of drug-likeness (QED) is 0.909. The predicted octanol–water partition coefficient (Wildman–Crippen LogP) is 3.03. The molecular formula is C17H21N5O2. The average molecular weight is 327 g/mol. The molecule has 1 fully saturated rings. The number of amides is 1. The highest BCUT2D eigenvalue weighted by Crippen LogP contribution is 2.26. The van der Waals surface area contributed by atoms with Crippen molar-refractivity contribution < 1.29 is 9.53 Å². The van der Waals surface area contributed by atoms with Crippen LogP contribution in [0.4, 0.5) is 16.6 Å². The fraction of sp³-hybridized carbons (Fsp3) is 0.412. The molecule has 0 radical (unpaired) electrons. The van der Waals surface area contributed by atoms with Gasteiger partial charge in [0.15, 0.2) is 0 Å². The summed E-state index contributed by atoms with van der Waals surface area (Å²) in [5.74, 6) is 1.27. The van der Waals surface area contributed by atoms with Gasteiger partial charge in [-0.25, -0.2) is 9.78 Å². The zero-order chi connectivity index (χ0) is 17.1. The molecule has 1 aliphatic rings. The molecule has 0 aliphatic carbocycles. The van der Waals surface area contributed by atoms with Crippen LogP contribution in [0.2, 0.25) is 0 Å². The molecule has 126 valence electrons. The first kappa shape index (κ1) is 16.2. The Morgan fingerprint density at radius 2 is 2.04 bits per heavy atom. The number of carbonyl (C=O) groups is 1. The van der Waals surface area contributed by atoms with Crippen LogP contribution in [-0.2, 0) is 4.74 Å². The summed E-state index contributed by atoms with van der Waals surface area (Å²) in [5, 5.41) is 3.22. The predicted molar refractivity (Wildman–Crippen MR) is 90.8 cm³/mol. The summed E-state index contributed by atoms with van der Waals surface area (Å²) in [6.07, 6.45) is 3.02. The number of nitrogens with zero attached hydrogens (tertiary/aromatic N) is 4. The van der Waals surface area contributed by atoms with Crippen LogP contribution in [0.5, 0.6) is 0 Å². The summed E-state index contributed by atoms with van der Waals surface area (Å²) < 4.78 is 5.18. The number of hydrogen-bond donors (Lipinski definition) is 1. The molecule has 3 rings (SSSR count). The van der Waals surface area contributed by atoms with Crippen molar-refractivity contribution in [1.29, 1.82) is 0 Å². The van der Waals surface area contributed by atoms with E-state index < -0.39 is 0 Å². The number of aromatic nitrogens is 3. The van der Waals surface area contributed by atoms with Crippen molar-refractivity contribution in [3.8, 4) is 0 Å². The number of rotatable bonds is 5. The highest BCUT2D eigenvalue weighted by molar-refractivity contribution is 5.89. The van der Waals surface area contributed by atoms with Gasteiger partial charge in [0.25, 0.3) is 0 Å². The fourth-order valence-corrected chi connectivity index (χ4v) is 2.64. The van der Waals surface area contributed by atoms with Crippen molar-refractivity contribution in [1.82, 2.24) is 15.0 Å². The van der Waals surface area contributed by atoms with E-state index in [1.807, 2.05) is 25.1 Å². The molecule has 7 heteroatoms. The van der Waals surface area contributed by atoms with Crippen molar-refractivity contribution in [2.75, 3.05) is 16.8 Å². The van der Waals surface area contributed by atoms with Gasteiger partial charge in [-0.1, -0.05) is 19.9 Å². The summed E-state index contributed by atoms with van der Waals surface area (Å²) in [6.45, 7) is 6.49. The van der Waals surface area contributed by atoms with Gasteiger partial charge in [-0.2, -0.15) is 4.98 Å². The molecule has 24 heavy (non-hydrogen) atoms. The van der Waals surface area contributed by atoms with Gasteiger partial charge in [-0.3, -0.25) is 9.88 Å². The lowest BCUT2D eigenvalue weighted by Gasteiger charge is -2.23. The van der Waals surface area contributed by atoms with Crippen molar-refractivity contribution >= 4 is 17.9 Å². The zero-order valence-electron chi connectivity index (χ0n) is 14.0. The Labute approximate surface area is 141 Å². The Bertz CT molecular complexity index is 707. The molecule has 1 saturated heterocycles. The molecule has 2 aromatic rings. The summed E-state index contributed by atoms with van der Waals surface area (Å²) in [5.41, 5.74) is 0.896. The minimum Gasteiger partial charge on any atom is -0.447 e.